The molecule has 0 radical (unpaired) electrons. The van der Waals surface area contributed by atoms with Gasteiger partial charge in [-0.1, -0.05) is 0 Å². The number of halogens is 4. The lowest BCUT2D eigenvalue weighted by molar-refractivity contribution is -0.276. The van der Waals surface area contributed by atoms with E-state index in [1.807, 2.05) is 0 Å². The van der Waals surface area contributed by atoms with E-state index in [2.05, 4.69) is 14.5 Å². The highest BCUT2D eigenvalue weighted by molar-refractivity contribution is 14.1. The average Bonchev–Trinajstić information content (AvgIpc) is 2.29. The lowest BCUT2D eigenvalue weighted by atomic mass is 10.1. The summed E-state index contributed by atoms with van der Waals surface area (Å²) in [6, 6.07) is 0. The number of alkyl halides is 3. The number of ether oxygens (including phenoxy) is 2. The molecule has 100 valence electrons. The molecule has 0 aliphatic heterocycles. The van der Waals surface area contributed by atoms with Crippen LogP contribution in [-0.4, -0.2) is 24.4 Å². The van der Waals surface area contributed by atoms with Gasteiger partial charge in [0.2, 0.25) is 5.88 Å². The third-order valence-electron chi connectivity index (χ3n) is 1.89. The highest BCUT2D eigenvalue weighted by Crippen LogP contribution is 2.29. The summed E-state index contributed by atoms with van der Waals surface area (Å²) in [5, 5.41) is 0. The highest BCUT2D eigenvalue weighted by Gasteiger charge is 2.34. The van der Waals surface area contributed by atoms with Crippen molar-refractivity contribution in [3.05, 3.63) is 20.9 Å². The molecule has 9 heteroatoms. The minimum atomic E-state index is -4.88. The number of carbonyl (C=O) groups excluding carboxylic acids is 1. The standard InChI is InChI=1S/C9H8F3IN2O3/c1-17-8(16)5-4(2-14)3-15-7(6(5)13)18-9(10,11)12/h3H,2,14H2,1H3. The zero-order valence-electron chi connectivity index (χ0n) is 9.05. The first-order valence-electron chi connectivity index (χ1n) is 4.51. The molecule has 0 spiro atoms. The van der Waals surface area contributed by atoms with E-state index in [1.54, 1.807) is 0 Å². The number of carbonyl (C=O) groups is 1. The van der Waals surface area contributed by atoms with Crippen LogP contribution in [0.2, 0.25) is 0 Å². The first-order chi connectivity index (χ1) is 8.30. The number of rotatable bonds is 3. The molecular formula is C9H8F3IN2O3. The van der Waals surface area contributed by atoms with Crippen LogP contribution in [0, 0.1) is 3.57 Å². The van der Waals surface area contributed by atoms with E-state index in [-0.39, 0.29) is 21.2 Å². The summed E-state index contributed by atoms with van der Waals surface area (Å²) in [6.45, 7) is -0.0558. The first kappa shape index (κ1) is 15.0. The van der Waals surface area contributed by atoms with Crippen LogP contribution < -0.4 is 10.5 Å². The summed E-state index contributed by atoms with van der Waals surface area (Å²) >= 11 is 1.52. The Labute approximate surface area is 114 Å². The summed E-state index contributed by atoms with van der Waals surface area (Å²) in [5.41, 5.74) is 5.58. The molecule has 0 unspecified atom stereocenters. The lowest BCUT2D eigenvalue weighted by Gasteiger charge is -2.13. The van der Waals surface area contributed by atoms with Crippen molar-refractivity contribution in [2.45, 2.75) is 12.9 Å². The summed E-state index contributed by atoms with van der Waals surface area (Å²) in [7, 11) is 1.11. The van der Waals surface area contributed by atoms with Crippen LogP contribution in [0.5, 0.6) is 5.88 Å². The summed E-state index contributed by atoms with van der Waals surface area (Å²) in [6.07, 6.45) is -3.83. The molecule has 0 saturated heterocycles. The Morgan fingerprint density at radius 1 is 1.56 bits per heavy atom. The van der Waals surface area contributed by atoms with Crippen molar-refractivity contribution in [3.63, 3.8) is 0 Å². The average molecular weight is 376 g/mol. The Kier molecular flexibility index (Phi) is 4.73. The maximum Gasteiger partial charge on any atom is 0.574 e. The van der Waals surface area contributed by atoms with Gasteiger partial charge in [0.25, 0.3) is 0 Å². The second kappa shape index (κ2) is 5.69. The smallest absolute Gasteiger partial charge is 0.465 e. The van der Waals surface area contributed by atoms with Crippen molar-refractivity contribution in [2.24, 2.45) is 5.73 Å². The molecule has 5 nitrogen and oxygen atoms in total. The van der Waals surface area contributed by atoms with Crippen LogP contribution in [0.25, 0.3) is 0 Å². The van der Waals surface area contributed by atoms with Gasteiger partial charge >= 0.3 is 12.3 Å². The second-order valence-corrected chi connectivity index (χ2v) is 4.10. The normalized spacial score (nSPS) is 11.2. The van der Waals surface area contributed by atoms with E-state index in [0.29, 0.717) is 0 Å². The number of nitrogens with two attached hydrogens (primary N) is 1. The number of esters is 1. The Morgan fingerprint density at radius 3 is 2.61 bits per heavy atom. The van der Waals surface area contributed by atoms with Crippen LogP contribution >= 0.6 is 22.6 Å². The molecule has 1 aromatic rings. The molecule has 0 fully saturated rings. The number of nitrogens with zero attached hydrogens (tertiary/aromatic N) is 1. The molecule has 0 aromatic carbocycles. The topological polar surface area (TPSA) is 74.4 Å². The lowest BCUT2D eigenvalue weighted by Crippen LogP contribution is -2.21. The highest BCUT2D eigenvalue weighted by atomic mass is 127. The van der Waals surface area contributed by atoms with Crippen molar-refractivity contribution in [1.82, 2.24) is 4.98 Å². The van der Waals surface area contributed by atoms with Crippen molar-refractivity contribution in [1.29, 1.82) is 0 Å². The molecule has 1 aromatic heterocycles. The van der Waals surface area contributed by atoms with Crippen molar-refractivity contribution in [2.75, 3.05) is 7.11 Å². The van der Waals surface area contributed by atoms with Crippen LogP contribution in [0.3, 0.4) is 0 Å². The van der Waals surface area contributed by atoms with Gasteiger partial charge in [0.15, 0.2) is 0 Å². The van der Waals surface area contributed by atoms with Crippen LogP contribution in [0.1, 0.15) is 15.9 Å². The minimum absolute atomic E-state index is 0.0558. The fraction of sp³-hybridized carbons (Fsp3) is 0.333. The first-order valence-corrected chi connectivity index (χ1v) is 5.59. The Morgan fingerprint density at radius 2 is 2.17 bits per heavy atom. The van der Waals surface area contributed by atoms with Crippen molar-refractivity contribution in [3.8, 4) is 5.88 Å². The van der Waals surface area contributed by atoms with Gasteiger partial charge in [0.05, 0.1) is 16.2 Å². The van der Waals surface area contributed by atoms with Gasteiger partial charge in [-0.2, -0.15) is 0 Å². The largest absolute Gasteiger partial charge is 0.574 e. The number of pyridine rings is 1. The molecular weight excluding hydrogens is 368 g/mol. The van der Waals surface area contributed by atoms with Crippen molar-refractivity contribution < 1.29 is 27.4 Å². The maximum absolute atomic E-state index is 12.1. The van der Waals surface area contributed by atoms with Gasteiger partial charge in [0, 0.05) is 12.7 Å². The zero-order valence-corrected chi connectivity index (χ0v) is 11.2. The molecule has 2 N–H and O–H groups in total. The van der Waals surface area contributed by atoms with Gasteiger partial charge in [-0.3, -0.25) is 0 Å². The van der Waals surface area contributed by atoms with E-state index in [4.69, 9.17) is 5.73 Å². The summed E-state index contributed by atoms with van der Waals surface area (Å²) < 4.78 is 44.4. The van der Waals surface area contributed by atoms with E-state index in [1.165, 1.54) is 22.6 Å². The summed E-state index contributed by atoms with van der Waals surface area (Å²) in [5.74, 6) is -1.50. The molecule has 1 heterocycles. The van der Waals surface area contributed by atoms with E-state index >= 15 is 0 Å². The number of hydrogen-bond donors (Lipinski definition) is 1. The van der Waals surface area contributed by atoms with E-state index < -0.39 is 18.2 Å². The van der Waals surface area contributed by atoms with Gasteiger partial charge in [-0.25, -0.2) is 9.78 Å². The number of hydrogen-bond acceptors (Lipinski definition) is 5. The molecule has 0 saturated carbocycles. The van der Waals surface area contributed by atoms with Gasteiger partial charge in [-0.05, 0) is 28.2 Å². The molecule has 0 aliphatic carbocycles. The predicted molar refractivity (Wildman–Crippen MR) is 62.9 cm³/mol. The molecule has 0 bridgehead atoms. The van der Waals surface area contributed by atoms with E-state index in [9.17, 15) is 18.0 Å². The summed E-state index contributed by atoms with van der Waals surface area (Å²) in [4.78, 5) is 15.0. The predicted octanol–water partition coefficient (Wildman–Crippen LogP) is 1.83. The Bertz CT molecular complexity index is 465. The van der Waals surface area contributed by atoms with Crippen LogP contribution in [-0.2, 0) is 11.3 Å². The zero-order chi connectivity index (χ0) is 13.9. The molecule has 0 aliphatic rings. The number of aromatic nitrogens is 1. The Balaban J connectivity index is 3.30. The second-order valence-electron chi connectivity index (χ2n) is 3.02. The maximum atomic E-state index is 12.1. The molecule has 18 heavy (non-hydrogen) atoms. The third kappa shape index (κ3) is 3.45. The molecule has 0 atom stereocenters. The van der Waals surface area contributed by atoms with Crippen LogP contribution in [0.4, 0.5) is 13.2 Å². The molecule has 1 rings (SSSR count). The Hall–Kier alpha value is -1.10. The SMILES string of the molecule is COC(=O)c1c(CN)cnc(OC(F)(F)F)c1I. The minimum Gasteiger partial charge on any atom is -0.465 e. The monoisotopic (exact) mass is 376 g/mol. The van der Waals surface area contributed by atoms with Gasteiger partial charge in [0.1, 0.15) is 0 Å². The van der Waals surface area contributed by atoms with E-state index in [0.717, 1.165) is 13.3 Å². The quantitative estimate of drug-likeness (QED) is 0.644. The fourth-order valence-corrected chi connectivity index (χ4v) is 1.98. The number of methoxy groups -OCH3 is 1. The molecule has 0 amide bonds. The van der Waals surface area contributed by atoms with Crippen molar-refractivity contribution >= 4 is 28.6 Å². The van der Waals surface area contributed by atoms with Gasteiger partial charge < -0.3 is 15.2 Å². The van der Waals surface area contributed by atoms with Gasteiger partial charge in [-0.15, -0.1) is 13.2 Å². The van der Waals surface area contributed by atoms with Crippen LogP contribution in [0.15, 0.2) is 6.20 Å². The fourth-order valence-electron chi connectivity index (χ4n) is 1.16. The third-order valence-corrected chi connectivity index (χ3v) is 2.89.